The molecule has 21 heavy (non-hydrogen) atoms. The van der Waals surface area contributed by atoms with E-state index in [0.717, 1.165) is 5.92 Å². The lowest BCUT2D eigenvalue weighted by molar-refractivity contribution is 0.654. The van der Waals surface area contributed by atoms with Gasteiger partial charge in [0.25, 0.3) is 0 Å². The maximum absolute atomic E-state index is 2.26. The Bertz CT molecular complexity index is 206. The van der Waals surface area contributed by atoms with E-state index < -0.39 is 0 Å². The van der Waals surface area contributed by atoms with E-state index >= 15 is 0 Å². The Morgan fingerprint density at radius 1 is 0.762 bits per heavy atom. The van der Waals surface area contributed by atoms with Crippen molar-refractivity contribution in [3.63, 3.8) is 0 Å². The van der Waals surface area contributed by atoms with Crippen molar-refractivity contribution in [3.05, 3.63) is 22.8 Å². The molecular formula is C21H52. The second-order valence-electron chi connectivity index (χ2n) is 4.61. The van der Waals surface area contributed by atoms with E-state index in [2.05, 4.69) is 61.5 Å². The standard InChI is InChI=1S/2C8H16.5CH4/c2*1-5-7(3)8(4)6-2;;;;;/h5-6H2,1-4H3;5,8H,6H2,1-4H3;5*1H4/b8-7-;7-5-;;;;;. The average molecular weight is 305 g/mol. The maximum Gasteiger partial charge on any atom is -0.0237 e. The van der Waals surface area contributed by atoms with Gasteiger partial charge in [0, 0.05) is 0 Å². The van der Waals surface area contributed by atoms with Crippen molar-refractivity contribution in [1.29, 1.82) is 0 Å². The van der Waals surface area contributed by atoms with Gasteiger partial charge in [-0.05, 0) is 52.9 Å². The summed E-state index contributed by atoms with van der Waals surface area (Å²) in [6.07, 6.45) is 5.86. The predicted octanol–water partition coefficient (Wildman–Crippen LogP) is 9.32. The van der Waals surface area contributed by atoms with Gasteiger partial charge in [-0.15, -0.1) is 0 Å². The van der Waals surface area contributed by atoms with Crippen LogP contribution in [0.4, 0.5) is 0 Å². The summed E-state index contributed by atoms with van der Waals surface area (Å²) >= 11 is 0. The molecule has 0 bridgehead atoms. The smallest absolute Gasteiger partial charge is 0.0237 e. The van der Waals surface area contributed by atoms with Crippen LogP contribution in [0.15, 0.2) is 22.8 Å². The lowest BCUT2D eigenvalue weighted by Gasteiger charge is -2.06. The maximum atomic E-state index is 2.26. The van der Waals surface area contributed by atoms with Gasteiger partial charge in [0.15, 0.2) is 0 Å². The van der Waals surface area contributed by atoms with E-state index in [1.165, 1.54) is 24.8 Å². The Hall–Kier alpha value is -0.520. The summed E-state index contributed by atoms with van der Waals surface area (Å²) in [6.45, 7) is 17.6. The topological polar surface area (TPSA) is 0 Å². The molecular weight excluding hydrogens is 252 g/mol. The SMILES string of the molecule is C.C.C.C.C.C/C=C(/C)C(C)CC.CC/C(C)=C(/C)CC. The number of allylic oxidation sites excluding steroid dienone is 4. The van der Waals surface area contributed by atoms with Crippen LogP contribution in [0.1, 0.15) is 112 Å². The van der Waals surface area contributed by atoms with Crippen LogP contribution < -0.4 is 0 Å². The minimum atomic E-state index is 0. The third-order valence-corrected chi connectivity index (χ3v) is 3.63. The number of hydrogen-bond donors (Lipinski definition) is 0. The van der Waals surface area contributed by atoms with Crippen LogP contribution in [-0.2, 0) is 0 Å². The highest BCUT2D eigenvalue weighted by Crippen LogP contribution is 2.11. The molecule has 0 aliphatic heterocycles. The first kappa shape index (κ1) is 42.8. The van der Waals surface area contributed by atoms with Gasteiger partial charge in [-0.3, -0.25) is 0 Å². The quantitative estimate of drug-likeness (QED) is 0.454. The second-order valence-corrected chi connectivity index (χ2v) is 4.61. The van der Waals surface area contributed by atoms with Gasteiger partial charge in [-0.25, -0.2) is 0 Å². The lowest BCUT2D eigenvalue weighted by Crippen LogP contribution is -1.91. The molecule has 0 fully saturated rings. The molecule has 0 N–H and O–H groups in total. The fourth-order valence-electron chi connectivity index (χ4n) is 1.21. The average Bonchev–Trinajstić information content (AvgIpc) is 2.35. The molecule has 0 aromatic heterocycles. The molecule has 0 nitrogen and oxygen atoms in total. The van der Waals surface area contributed by atoms with Gasteiger partial charge in [-0.2, -0.15) is 0 Å². The van der Waals surface area contributed by atoms with Crippen molar-refractivity contribution < 1.29 is 0 Å². The van der Waals surface area contributed by atoms with Crippen LogP contribution in [-0.4, -0.2) is 0 Å². The molecule has 0 heteroatoms. The van der Waals surface area contributed by atoms with Gasteiger partial charge in [0.1, 0.15) is 0 Å². The van der Waals surface area contributed by atoms with Crippen LogP contribution in [0.3, 0.4) is 0 Å². The predicted molar refractivity (Wildman–Crippen MR) is 111 cm³/mol. The van der Waals surface area contributed by atoms with Crippen LogP contribution in [0.25, 0.3) is 0 Å². The molecule has 0 spiro atoms. The summed E-state index contributed by atoms with van der Waals surface area (Å²) in [7, 11) is 0. The number of hydrogen-bond acceptors (Lipinski definition) is 0. The summed E-state index contributed by atoms with van der Waals surface area (Å²) < 4.78 is 0. The van der Waals surface area contributed by atoms with E-state index in [9.17, 15) is 0 Å². The molecule has 0 aromatic rings. The summed E-state index contributed by atoms with van der Waals surface area (Å²) in [5.74, 6) is 0.778. The summed E-state index contributed by atoms with van der Waals surface area (Å²) in [6, 6.07) is 0. The van der Waals surface area contributed by atoms with Crippen LogP contribution in [0.5, 0.6) is 0 Å². The molecule has 0 radical (unpaired) electrons. The molecule has 0 aromatic carbocycles. The summed E-state index contributed by atoms with van der Waals surface area (Å²) in [5, 5.41) is 0. The van der Waals surface area contributed by atoms with Crippen molar-refractivity contribution in [2.24, 2.45) is 5.92 Å². The van der Waals surface area contributed by atoms with Gasteiger partial charge in [-0.1, -0.05) is 87.6 Å². The van der Waals surface area contributed by atoms with E-state index in [0.29, 0.717) is 0 Å². The van der Waals surface area contributed by atoms with Gasteiger partial charge in [0.2, 0.25) is 0 Å². The first-order chi connectivity index (χ1) is 7.44. The van der Waals surface area contributed by atoms with Crippen molar-refractivity contribution in [2.45, 2.75) is 112 Å². The van der Waals surface area contributed by atoms with Crippen LogP contribution >= 0.6 is 0 Å². The highest BCUT2D eigenvalue weighted by molar-refractivity contribution is 5.07. The molecule has 0 saturated heterocycles. The number of rotatable bonds is 4. The Morgan fingerprint density at radius 2 is 1.05 bits per heavy atom. The first-order valence-corrected chi connectivity index (χ1v) is 6.72. The normalized spacial score (nSPS) is 11.3. The van der Waals surface area contributed by atoms with E-state index in [1.807, 2.05) is 0 Å². The molecule has 0 amide bonds. The zero-order chi connectivity index (χ0) is 13.1. The third kappa shape index (κ3) is 24.8. The molecule has 1 atom stereocenters. The van der Waals surface area contributed by atoms with E-state index in [4.69, 9.17) is 0 Å². The van der Waals surface area contributed by atoms with Crippen molar-refractivity contribution in [1.82, 2.24) is 0 Å². The Kier molecular flexibility index (Phi) is 56.5. The molecule has 0 rings (SSSR count). The fourth-order valence-corrected chi connectivity index (χ4v) is 1.21. The summed E-state index contributed by atoms with van der Waals surface area (Å²) in [5.41, 5.74) is 4.60. The lowest BCUT2D eigenvalue weighted by atomic mass is 10.0. The van der Waals surface area contributed by atoms with E-state index in [1.54, 1.807) is 11.1 Å². The zero-order valence-electron chi connectivity index (χ0n) is 12.8. The molecule has 0 aliphatic carbocycles. The Balaban J connectivity index is -0.0000000302. The van der Waals surface area contributed by atoms with Crippen LogP contribution in [0.2, 0.25) is 0 Å². The minimum Gasteiger partial charge on any atom is -0.0885 e. The molecule has 0 aliphatic rings. The minimum absolute atomic E-state index is 0. The van der Waals surface area contributed by atoms with Gasteiger partial charge >= 0.3 is 0 Å². The highest BCUT2D eigenvalue weighted by atomic mass is 14.0. The fraction of sp³-hybridized carbons (Fsp3) is 0.810. The summed E-state index contributed by atoms with van der Waals surface area (Å²) in [4.78, 5) is 0. The van der Waals surface area contributed by atoms with Crippen molar-refractivity contribution in [3.8, 4) is 0 Å². The molecule has 0 saturated carbocycles. The Labute approximate surface area is 141 Å². The van der Waals surface area contributed by atoms with Gasteiger partial charge in [0.05, 0.1) is 0 Å². The highest BCUT2D eigenvalue weighted by Gasteiger charge is 1.96. The monoisotopic (exact) mass is 304 g/mol. The van der Waals surface area contributed by atoms with E-state index in [-0.39, 0.29) is 37.1 Å². The first-order valence-electron chi connectivity index (χ1n) is 6.72. The van der Waals surface area contributed by atoms with Crippen molar-refractivity contribution in [2.75, 3.05) is 0 Å². The van der Waals surface area contributed by atoms with Crippen LogP contribution in [0, 0.1) is 5.92 Å². The molecule has 1 unspecified atom stereocenters. The Morgan fingerprint density at radius 3 is 1.14 bits per heavy atom. The third-order valence-electron chi connectivity index (χ3n) is 3.63. The zero-order valence-corrected chi connectivity index (χ0v) is 12.8. The molecule has 136 valence electrons. The van der Waals surface area contributed by atoms with Gasteiger partial charge < -0.3 is 0 Å². The van der Waals surface area contributed by atoms with Crippen molar-refractivity contribution >= 4 is 0 Å². The largest absolute Gasteiger partial charge is 0.0885 e. The molecule has 0 heterocycles. The second kappa shape index (κ2) is 27.8.